The molecule has 0 spiro atoms. The van der Waals surface area contributed by atoms with Gasteiger partial charge >= 0.3 is 0 Å². The average Bonchev–Trinajstić information content (AvgIpc) is 2.72. The number of likely N-dealkylation sites (N-methyl/N-ethyl adjacent to an activating group) is 1. The molecule has 104 valence electrons. The van der Waals surface area contributed by atoms with Gasteiger partial charge in [0.1, 0.15) is 0 Å². The Labute approximate surface area is 119 Å². The van der Waals surface area contributed by atoms with Crippen molar-refractivity contribution in [1.82, 2.24) is 10.2 Å². The van der Waals surface area contributed by atoms with Gasteiger partial charge in [0.25, 0.3) is 0 Å². The summed E-state index contributed by atoms with van der Waals surface area (Å²) in [5.74, 6) is 0. The van der Waals surface area contributed by atoms with Gasteiger partial charge in [-0.05, 0) is 24.6 Å². The maximum Gasteiger partial charge on any atom is 0.0826 e. The van der Waals surface area contributed by atoms with Crippen LogP contribution < -0.4 is 5.32 Å². The van der Waals surface area contributed by atoms with E-state index in [1.54, 1.807) is 0 Å². The lowest BCUT2D eigenvalue weighted by Crippen LogP contribution is -2.45. The van der Waals surface area contributed by atoms with Crippen LogP contribution in [0.3, 0.4) is 0 Å². The first kappa shape index (κ1) is 13.4. The van der Waals surface area contributed by atoms with Gasteiger partial charge in [-0.1, -0.05) is 24.3 Å². The van der Waals surface area contributed by atoms with Crippen molar-refractivity contribution in [3.8, 4) is 0 Å². The number of ether oxygens (including phenoxy) is 1. The van der Waals surface area contributed by atoms with E-state index in [4.69, 9.17) is 16.3 Å². The number of alkyl halides is 1. The van der Waals surface area contributed by atoms with Crippen LogP contribution in [0, 0.1) is 0 Å². The predicted molar refractivity (Wildman–Crippen MR) is 77.8 cm³/mol. The zero-order chi connectivity index (χ0) is 13.2. The van der Waals surface area contributed by atoms with Gasteiger partial charge in [0, 0.05) is 25.7 Å². The molecule has 1 aliphatic carbocycles. The fourth-order valence-electron chi connectivity index (χ4n) is 3.03. The summed E-state index contributed by atoms with van der Waals surface area (Å²) in [4.78, 5) is 2.32. The first-order chi connectivity index (χ1) is 9.24. The summed E-state index contributed by atoms with van der Waals surface area (Å²) in [6.07, 6.45) is 1.23. The lowest BCUT2D eigenvalue weighted by atomic mass is 10.1. The van der Waals surface area contributed by atoms with Crippen molar-refractivity contribution in [3.63, 3.8) is 0 Å². The van der Waals surface area contributed by atoms with Crippen LogP contribution >= 0.6 is 11.6 Å². The van der Waals surface area contributed by atoms with Gasteiger partial charge in [0.15, 0.2) is 0 Å². The summed E-state index contributed by atoms with van der Waals surface area (Å²) < 4.78 is 5.78. The van der Waals surface area contributed by atoms with Crippen LogP contribution in [0.5, 0.6) is 0 Å². The van der Waals surface area contributed by atoms with Gasteiger partial charge in [0.05, 0.1) is 18.1 Å². The van der Waals surface area contributed by atoms with Crippen molar-refractivity contribution in [1.29, 1.82) is 0 Å². The third kappa shape index (κ3) is 2.95. The van der Waals surface area contributed by atoms with Crippen molar-refractivity contribution in [3.05, 3.63) is 35.4 Å². The molecule has 0 aromatic heterocycles. The molecule has 3 nitrogen and oxygen atoms in total. The highest BCUT2D eigenvalue weighted by Gasteiger charge is 2.31. The highest BCUT2D eigenvalue weighted by Crippen LogP contribution is 2.34. The standard InChI is InChI=1S/C15H21ClN2O/c1-18-6-7-19-12(10-18)9-17-15-13-5-3-2-4-11(13)8-14(15)16/h2-5,12,14-15,17H,6-10H2,1H3. The molecule has 0 bridgehead atoms. The van der Waals surface area contributed by atoms with Gasteiger partial charge in [-0.15, -0.1) is 11.6 Å². The minimum absolute atomic E-state index is 0.152. The predicted octanol–water partition coefficient (Wildman–Crippen LogP) is 1.81. The molecule has 4 heteroatoms. The Bertz CT molecular complexity index is 440. The van der Waals surface area contributed by atoms with Crippen molar-refractivity contribution < 1.29 is 4.74 Å². The molecule has 3 atom stereocenters. The summed E-state index contributed by atoms with van der Waals surface area (Å²) in [6.45, 7) is 3.72. The quantitative estimate of drug-likeness (QED) is 0.855. The van der Waals surface area contributed by atoms with E-state index < -0.39 is 0 Å². The third-order valence-electron chi connectivity index (χ3n) is 4.07. The molecular weight excluding hydrogens is 260 g/mol. The molecule has 3 rings (SSSR count). The molecule has 1 heterocycles. The van der Waals surface area contributed by atoms with Crippen LogP contribution in [0.15, 0.2) is 24.3 Å². The summed E-state index contributed by atoms with van der Waals surface area (Å²) in [5, 5.41) is 3.75. The number of hydrogen-bond acceptors (Lipinski definition) is 3. The normalized spacial score (nSPS) is 31.4. The number of benzene rings is 1. The van der Waals surface area contributed by atoms with Crippen LogP contribution in [0.4, 0.5) is 0 Å². The fraction of sp³-hybridized carbons (Fsp3) is 0.600. The van der Waals surface area contributed by atoms with Gasteiger partial charge in [-0.3, -0.25) is 0 Å². The highest BCUT2D eigenvalue weighted by atomic mass is 35.5. The second kappa shape index (κ2) is 5.80. The zero-order valence-corrected chi connectivity index (χ0v) is 12.1. The van der Waals surface area contributed by atoms with Crippen molar-refractivity contribution in [2.24, 2.45) is 0 Å². The molecular formula is C15H21ClN2O. The first-order valence-electron chi connectivity index (χ1n) is 6.99. The van der Waals surface area contributed by atoms with E-state index in [1.165, 1.54) is 11.1 Å². The second-order valence-corrected chi connectivity index (χ2v) is 6.12. The number of rotatable bonds is 3. The number of morpholine rings is 1. The van der Waals surface area contributed by atoms with Crippen molar-refractivity contribution in [2.75, 3.05) is 33.3 Å². The van der Waals surface area contributed by atoms with E-state index in [2.05, 4.69) is 41.5 Å². The Morgan fingerprint density at radius 2 is 2.26 bits per heavy atom. The zero-order valence-electron chi connectivity index (χ0n) is 11.3. The molecule has 0 saturated carbocycles. The van der Waals surface area contributed by atoms with E-state index in [1.807, 2.05) is 0 Å². The number of hydrogen-bond donors (Lipinski definition) is 1. The second-order valence-electron chi connectivity index (χ2n) is 5.56. The van der Waals surface area contributed by atoms with Gasteiger partial charge in [-0.2, -0.15) is 0 Å². The Morgan fingerprint density at radius 3 is 3.11 bits per heavy atom. The Balaban J connectivity index is 1.61. The number of halogens is 1. The van der Waals surface area contributed by atoms with E-state index in [0.717, 1.165) is 32.7 Å². The molecule has 1 aliphatic heterocycles. The molecule has 1 fully saturated rings. The maximum absolute atomic E-state index is 6.48. The molecule has 0 amide bonds. The van der Waals surface area contributed by atoms with Crippen molar-refractivity contribution >= 4 is 11.6 Å². The fourth-order valence-corrected chi connectivity index (χ4v) is 3.42. The van der Waals surface area contributed by atoms with Crippen molar-refractivity contribution in [2.45, 2.75) is 23.9 Å². The highest BCUT2D eigenvalue weighted by molar-refractivity contribution is 6.21. The maximum atomic E-state index is 6.48. The smallest absolute Gasteiger partial charge is 0.0826 e. The molecule has 2 aliphatic rings. The van der Waals surface area contributed by atoms with E-state index in [0.29, 0.717) is 0 Å². The molecule has 3 unspecified atom stereocenters. The summed E-state index contributed by atoms with van der Waals surface area (Å²) in [5.41, 5.74) is 2.73. The van der Waals surface area contributed by atoms with Gasteiger partial charge < -0.3 is 15.0 Å². The Hall–Kier alpha value is -0.610. The number of fused-ring (bicyclic) bond motifs is 1. The van der Waals surface area contributed by atoms with Crippen LogP contribution in [-0.4, -0.2) is 49.7 Å². The average molecular weight is 281 g/mol. The molecule has 0 radical (unpaired) electrons. The Kier molecular flexibility index (Phi) is 4.08. The minimum Gasteiger partial charge on any atom is -0.374 e. The monoisotopic (exact) mass is 280 g/mol. The van der Waals surface area contributed by atoms with E-state index in [-0.39, 0.29) is 17.5 Å². The lowest BCUT2D eigenvalue weighted by molar-refractivity contribution is -0.0192. The molecule has 1 aromatic carbocycles. The molecule has 1 aromatic rings. The molecule has 19 heavy (non-hydrogen) atoms. The SMILES string of the molecule is CN1CCOC(CNC2c3ccccc3CC2Cl)C1. The van der Waals surface area contributed by atoms with E-state index >= 15 is 0 Å². The summed E-state index contributed by atoms with van der Waals surface area (Å²) in [7, 11) is 2.14. The topological polar surface area (TPSA) is 24.5 Å². The van der Waals surface area contributed by atoms with Crippen LogP contribution in [-0.2, 0) is 11.2 Å². The lowest BCUT2D eigenvalue weighted by Gasteiger charge is -2.31. The number of nitrogens with zero attached hydrogens (tertiary/aromatic N) is 1. The van der Waals surface area contributed by atoms with Crippen LogP contribution in [0.1, 0.15) is 17.2 Å². The molecule has 1 N–H and O–H groups in total. The van der Waals surface area contributed by atoms with Gasteiger partial charge in [0.2, 0.25) is 0 Å². The molecule has 1 saturated heterocycles. The Morgan fingerprint density at radius 1 is 1.42 bits per heavy atom. The summed E-state index contributed by atoms with van der Waals surface area (Å²) in [6, 6.07) is 8.80. The minimum atomic E-state index is 0.152. The third-order valence-corrected chi connectivity index (χ3v) is 4.48. The number of nitrogens with one attached hydrogen (secondary N) is 1. The van der Waals surface area contributed by atoms with Crippen LogP contribution in [0.25, 0.3) is 0 Å². The van der Waals surface area contributed by atoms with Gasteiger partial charge in [-0.25, -0.2) is 0 Å². The largest absolute Gasteiger partial charge is 0.374 e. The first-order valence-corrected chi connectivity index (χ1v) is 7.43. The van der Waals surface area contributed by atoms with E-state index in [9.17, 15) is 0 Å². The van der Waals surface area contributed by atoms with Crippen LogP contribution in [0.2, 0.25) is 0 Å². The summed E-state index contributed by atoms with van der Waals surface area (Å²) >= 11 is 6.48.